The molecule has 1 heterocycles. The van der Waals surface area contributed by atoms with E-state index in [-0.39, 0.29) is 31.0 Å². The minimum Gasteiger partial charge on any atom is -0.484 e. The van der Waals surface area contributed by atoms with E-state index >= 15 is 0 Å². The van der Waals surface area contributed by atoms with Crippen LogP contribution in [-0.4, -0.2) is 42.5 Å². The monoisotopic (exact) mass is 341 g/mol. The van der Waals surface area contributed by atoms with Gasteiger partial charge in [-0.2, -0.15) is 0 Å². The molecule has 1 aliphatic rings. The maximum atomic E-state index is 12.2. The maximum Gasteiger partial charge on any atom is 0.260 e. The molecule has 2 atom stereocenters. The van der Waals surface area contributed by atoms with Crippen LogP contribution >= 0.6 is 12.4 Å². The van der Waals surface area contributed by atoms with E-state index in [9.17, 15) is 9.59 Å². The molecule has 0 spiro atoms. The van der Waals surface area contributed by atoms with Crippen molar-refractivity contribution in [2.75, 3.05) is 19.7 Å². The van der Waals surface area contributed by atoms with Gasteiger partial charge in [-0.25, -0.2) is 0 Å². The Morgan fingerprint density at radius 2 is 2.00 bits per heavy atom. The molecule has 6 nitrogen and oxygen atoms in total. The first-order valence-corrected chi connectivity index (χ1v) is 7.53. The first-order valence-electron chi connectivity index (χ1n) is 7.53. The molecule has 0 radical (unpaired) electrons. The van der Waals surface area contributed by atoms with Crippen molar-refractivity contribution in [3.63, 3.8) is 0 Å². The number of likely N-dealkylation sites (tertiary alicyclic amines) is 1. The Labute approximate surface area is 142 Å². The van der Waals surface area contributed by atoms with Gasteiger partial charge in [0.1, 0.15) is 5.75 Å². The smallest absolute Gasteiger partial charge is 0.260 e. The topological polar surface area (TPSA) is 98.7 Å². The molecule has 1 aromatic rings. The predicted octanol–water partition coefficient (Wildman–Crippen LogP) is 1.17. The van der Waals surface area contributed by atoms with Crippen LogP contribution in [0.4, 0.5) is 0 Å². The van der Waals surface area contributed by atoms with Gasteiger partial charge in [0.15, 0.2) is 6.61 Å². The van der Waals surface area contributed by atoms with Crippen molar-refractivity contribution < 1.29 is 14.3 Å². The number of primary amides is 1. The molecule has 1 aromatic carbocycles. The summed E-state index contributed by atoms with van der Waals surface area (Å²) in [4.78, 5) is 25.0. The third kappa shape index (κ3) is 5.41. The predicted molar refractivity (Wildman–Crippen MR) is 90.7 cm³/mol. The summed E-state index contributed by atoms with van der Waals surface area (Å²) in [6.07, 6.45) is 2.04. The number of nitrogens with two attached hydrogens (primary N) is 2. The van der Waals surface area contributed by atoms with Crippen LogP contribution in [0, 0.1) is 5.92 Å². The number of carbonyl (C=O) groups is 2. The molecule has 4 N–H and O–H groups in total. The molecule has 2 amide bonds. The number of hydrogen-bond donors (Lipinski definition) is 2. The van der Waals surface area contributed by atoms with Gasteiger partial charge in [0.05, 0.1) is 0 Å². The maximum absolute atomic E-state index is 12.2. The number of halogens is 1. The van der Waals surface area contributed by atoms with Gasteiger partial charge < -0.3 is 21.1 Å². The van der Waals surface area contributed by atoms with Crippen LogP contribution in [0.1, 0.15) is 30.1 Å². The van der Waals surface area contributed by atoms with E-state index in [2.05, 4.69) is 0 Å². The molecule has 7 heteroatoms. The molecule has 1 aliphatic heterocycles. The fourth-order valence-corrected chi connectivity index (χ4v) is 2.62. The molecule has 0 aromatic heterocycles. The minimum absolute atomic E-state index is 0. The van der Waals surface area contributed by atoms with Crippen LogP contribution in [0.2, 0.25) is 0 Å². The molecule has 2 unspecified atom stereocenters. The van der Waals surface area contributed by atoms with Gasteiger partial charge in [0.2, 0.25) is 5.91 Å². The van der Waals surface area contributed by atoms with Crippen molar-refractivity contribution in [3.05, 3.63) is 29.8 Å². The summed E-state index contributed by atoms with van der Waals surface area (Å²) in [5.41, 5.74) is 11.5. The summed E-state index contributed by atoms with van der Waals surface area (Å²) in [5, 5.41) is 0. The van der Waals surface area contributed by atoms with E-state index in [1.54, 1.807) is 24.3 Å². The highest BCUT2D eigenvalue weighted by Crippen LogP contribution is 2.19. The van der Waals surface area contributed by atoms with Crippen LogP contribution < -0.4 is 16.2 Å². The zero-order valence-corrected chi connectivity index (χ0v) is 14.1. The number of benzene rings is 1. The summed E-state index contributed by atoms with van der Waals surface area (Å²) >= 11 is 0. The second kappa shape index (κ2) is 8.74. The second-order valence-electron chi connectivity index (χ2n) is 5.78. The van der Waals surface area contributed by atoms with Crippen molar-refractivity contribution in [3.8, 4) is 5.75 Å². The van der Waals surface area contributed by atoms with Crippen molar-refractivity contribution in [2.45, 2.75) is 25.8 Å². The largest absolute Gasteiger partial charge is 0.484 e. The fraction of sp³-hybridized carbons (Fsp3) is 0.500. The van der Waals surface area contributed by atoms with Gasteiger partial charge in [-0.15, -0.1) is 12.4 Å². The van der Waals surface area contributed by atoms with Gasteiger partial charge in [-0.05, 0) is 49.9 Å². The van der Waals surface area contributed by atoms with Gasteiger partial charge in [-0.3, -0.25) is 9.59 Å². The van der Waals surface area contributed by atoms with Gasteiger partial charge in [-0.1, -0.05) is 0 Å². The zero-order chi connectivity index (χ0) is 16.1. The highest BCUT2D eigenvalue weighted by atomic mass is 35.5. The SMILES string of the molecule is CC(N)C1CCCN(C(=O)COc2ccc(C(N)=O)cc2)C1.Cl. The number of hydrogen-bond acceptors (Lipinski definition) is 4. The van der Waals surface area contributed by atoms with E-state index in [4.69, 9.17) is 16.2 Å². The number of carbonyl (C=O) groups excluding carboxylic acids is 2. The highest BCUT2D eigenvalue weighted by Gasteiger charge is 2.25. The molecule has 0 aliphatic carbocycles. The van der Waals surface area contributed by atoms with E-state index in [1.165, 1.54) is 0 Å². The van der Waals surface area contributed by atoms with Crippen molar-refractivity contribution in [1.29, 1.82) is 0 Å². The van der Waals surface area contributed by atoms with E-state index < -0.39 is 5.91 Å². The van der Waals surface area contributed by atoms with Crippen LogP contribution in [0.3, 0.4) is 0 Å². The lowest BCUT2D eigenvalue weighted by Gasteiger charge is -2.34. The summed E-state index contributed by atoms with van der Waals surface area (Å²) in [6.45, 7) is 3.42. The summed E-state index contributed by atoms with van der Waals surface area (Å²) < 4.78 is 5.48. The number of nitrogens with zero attached hydrogens (tertiary/aromatic N) is 1. The second-order valence-corrected chi connectivity index (χ2v) is 5.78. The van der Waals surface area contributed by atoms with Crippen molar-refractivity contribution in [2.24, 2.45) is 17.4 Å². The summed E-state index contributed by atoms with van der Waals surface area (Å²) in [7, 11) is 0. The number of amides is 2. The van der Waals surface area contributed by atoms with Crippen LogP contribution in [0.15, 0.2) is 24.3 Å². The number of rotatable bonds is 5. The molecular formula is C16H24ClN3O3. The van der Waals surface area contributed by atoms with Gasteiger partial charge in [0.25, 0.3) is 5.91 Å². The molecule has 0 saturated carbocycles. The average molecular weight is 342 g/mol. The molecule has 2 rings (SSSR count). The number of ether oxygens (including phenoxy) is 1. The molecular weight excluding hydrogens is 318 g/mol. The molecule has 128 valence electrons. The molecule has 23 heavy (non-hydrogen) atoms. The minimum atomic E-state index is -0.488. The lowest BCUT2D eigenvalue weighted by Crippen LogP contribution is -2.46. The van der Waals surface area contributed by atoms with Crippen LogP contribution in [-0.2, 0) is 4.79 Å². The van der Waals surface area contributed by atoms with E-state index in [1.807, 2.05) is 11.8 Å². The Hall–Kier alpha value is -1.79. The third-order valence-corrected chi connectivity index (χ3v) is 4.06. The lowest BCUT2D eigenvalue weighted by atomic mass is 9.92. The Morgan fingerprint density at radius 1 is 1.35 bits per heavy atom. The van der Waals surface area contributed by atoms with Gasteiger partial charge in [0, 0.05) is 24.7 Å². The standard InChI is InChI=1S/C16H23N3O3.ClH/c1-11(17)13-3-2-8-19(9-13)15(20)10-22-14-6-4-12(5-7-14)16(18)21;/h4-7,11,13H,2-3,8-10,17H2,1H3,(H2,18,21);1H. The first kappa shape index (κ1) is 19.3. The van der Waals surface area contributed by atoms with E-state index in [0.29, 0.717) is 23.8 Å². The molecule has 1 saturated heterocycles. The first-order chi connectivity index (χ1) is 10.5. The van der Waals surface area contributed by atoms with Crippen molar-refractivity contribution in [1.82, 2.24) is 4.90 Å². The molecule has 0 bridgehead atoms. The van der Waals surface area contributed by atoms with Crippen LogP contribution in [0.5, 0.6) is 5.75 Å². The quantitative estimate of drug-likeness (QED) is 0.839. The van der Waals surface area contributed by atoms with Gasteiger partial charge >= 0.3 is 0 Å². The summed E-state index contributed by atoms with van der Waals surface area (Å²) in [6, 6.07) is 6.52. The summed E-state index contributed by atoms with van der Waals surface area (Å²) in [5.74, 6) is 0.369. The lowest BCUT2D eigenvalue weighted by molar-refractivity contribution is -0.135. The number of piperidine rings is 1. The highest BCUT2D eigenvalue weighted by molar-refractivity contribution is 5.92. The Bertz CT molecular complexity index is 534. The Kier molecular flexibility index (Phi) is 7.32. The molecule has 1 fully saturated rings. The third-order valence-electron chi connectivity index (χ3n) is 4.06. The Morgan fingerprint density at radius 3 is 2.57 bits per heavy atom. The van der Waals surface area contributed by atoms with E-state index in [0.717, 1.165) is 19.4 Å². The zero-order valence-electron chi connectivity index (χ0n) is 13.2. The fourth-order valence-electron chi connectivity index (χ4n) is 2.62. The Balaban J connectivity index is 0.00000264. The van der Waals surface area contributed by atoms with Crippen LogP contribution in [0.25, 0.3) is 0 Å². The normalized spacial score (nSPS) is 18.7. The average Bonchev–Trinajstić information content (AvgIpc) is 2.53. The van der Waals surface area contributed by atoms with Crippen molar-refractivity contribution >= 4 is 24.2 Å².